The van der Waals surface area contributed by atoms with Gasteiger partial charge in [0.2, 0.25) is 0 Å². The van der Waals surface area contributed by atoms with E-state index in [4.69, 9.17) is 17.3 Å². The molecule has 1 aromatic heterocycles. The Hall–Kier alpha value is -1.58. The highest BCUT2D eigenvalue weighted by Gasteiger charge is 2.10. The number of nitrogens with two attached hydrogens (primary N) is 1. The van der Waals surface area contributed by atoms with Gasteiger partial charge in [-0.1, -0.05) is 23.7 Å². The molecule has 112 valence electrons. The molecule has 2 rings (SSSR count). The summed E-state index contributed by atoms with van der Waals surface area (Å²) in [6.45, 7) is 5.80. The normalized spacial score (nSPS) is 12.2. The topological polar surface area (TPSA) is 42.2 Å². The van der Waals surface area contributed by atoms with Crippen LogP contribution in [0, 0.1) is 0 Å². The van der Waals surface area contributed by atoms with Gasteiger partial charge in [0.05, 0.1) is 12.2 Å². The SMILES string of the molecule is CCN(Cc1ccccn1)c1ccc(CC(C)N)c(Cl)c1. The molecule has 0 spiro atoms. The Kier molecular flexibility index (Phi) is 5.59. The van der Waals surface area contributed by atoms with Crippen molar-refractivity contribution in [2.24, 2.45) is 5.73 Å². The van der Waals surface area contributed by atoms with Gasteiger partial charge < -0.3 is 10.6 Å². The van der Waals surface area contributed by atoms with E-state index in [2.05, 4.69) is 28.9 Å². The highest BCUT2D eigenvalue weighted by Crippen LogP contribution is 2.25. The third-order valence-corrected chi connectivity index (χ3v) is 3.76. The fraction of sp³-hybridized carbons (Fsp3) is 0.353. The van der Waals surface area contributed by atoms with Crippen molar-refractivity contribution in [3.63, 3.8) is 0 Å². The fourth-order valence-electron chi connectivity index (χ4n) is 2.32. The molecular weight excluding hydrogens is 282 g/mol. The predicted octanol–water partition coefficient (Wildman–Crippen LogP) is 3.65. The third-order valence-electron chi connectivity index (χ3n) is 3.40. The Morgan fingerprint density at radius 2 is 2.10 bits per heavy atom. The second-order valence-corrected chi connectivity index (χ2v) is 5.70. The molecule has 0 fully saturated rings. The van der Waals surface area contributed by atoms with Gasteiger partial charge in [0, 0.05) is 29.5 Å². The van der Waals surface area contributed by atoms with Crippen LogP contribution in [0.25, 0.3) is 0 Å². The van der Waals surface area contributed by atoms with Gasteiger partial charge in [-0.2, -0.15) is 0 Å². The van der Waals surface area contributed by atoms with Gasteiger partial charge >= 0.3 is 0 Å². The molecule has 0 bridgehead atoms. The molecule has 3 nitrogen and oxygen atoms in total. The van der Waals surface area contributed by atoms with Crippen LogP contribution in [0.4, 0.5) is 5.69 Å². The summed E-state index contributed by atoms with van der Waals surface area (Å²) in [5.74, 6) is 0. The van der Waals surface area contributed by atoms with Gasteiger partial charge in [0.15, 0.2) is 0 Å². The molecule has 21 heavy (non-hydrogen) atoms. The van der Waals surface area contributed by atoms with Crippen LogP contribution >= 0.6 is 11.6 Å². The molecule has 0 aliphatic carbocycles. The zero-order chi connectivity index (χ0) is 15.2. The first-order valence-electron chi connectivity index (χ1n) is 7.29. The number of nitrogens with zero attached hydrogens (tertiary/aromatic N) is 2. The van der Waals surface area contributed by atoms with Crippen LogP contribution < -0.4 is 10.6 Å². The summed E-state index contributed by atoms with van der Waals surface area (Å²) in [4.78, 5) is 6.63. The molecule has 0 aliphatic heterocycles. The van der Waals surface area contributed by atoms with E-state index >= 15 is 0 Å². The Labute approximate surface area is 131 Å². The summed E-state index contributed by atoms with van der Waals surface area (Å²) in [6.07, 6.45) is 2.62. The molecule has 1 aromatic carbocycles. The van der Waals surface area contributed by atoms with E-state index < -0.39 is 0 Å². The van der Waals surface area contributed by atoms with Crippen LogP contribution in [0.15, 0.2) is 42.6 Å². The lowest BCUT2D eigenvalue weighted by Crippen LogP contribution is -2.23. The van der Waals surface area contributed by atoms with E-state index in [-0.39, 0.29) is 6.04 Å². The zero-order valence-corrected chi connectivity index (χ0v) is 13.3. The lowest BCUT2D eigenvalue weighted by Gasteiger charge is -2.23. The molecular formula is C17H22ClN3. The minimum Gasteiger partial charge on any atom is -0.366 e. The zero-order valence-electron chi connectivity index (χ0n) is 12.6. The average molecular weight is 304 g/mol. The van der Waals surface area contributed by atoms with Gasteiger partial charge in [-0.3, -0.25) is 4.98 Å². The number of aromatic nitrogens is 1. The Balaban J connectivity index is 2.17. The highest BCUT2D eigenvalue weighted by atomic mass is 35.5. The van der Waals surface area contributed by atoms with E-state index in [1.165, 1.54) is 0 Å². The molecule has 1 unspecified atom stereocenters. The highest BCUT2D eigenvalue weighted by molar-refractivity contribution is 6.31. The number of pyridine rings is 1. The van der Waals surface area contributed by atoms with Crippen molar-refractivity contribution in [1.29, 1.82) is 0 Å². The van der Waals surface area contributed by atoms with Gasteiger partial charge in [0.1, 0.15) is 0 Å². The molecule has 0 amide bonds. The summed E-state index contributed by atoms with van der Waals surface area (Å²) in [5.41, 5.74) is 9.11. The molecule has 2 aromatic rings. The van der Waals surface area contributed by atoms with Crippen LogP contribution in [-0.2, 0) is 13.0 Å². The standard InChI is InChI=1S/C17H22ClN3/c1-3-21(12-15-6-4-5-9-20-15)16-8-7-14(10-13(2)19)17(18)11-16/h4-9,11,13H,3,10,12,19H2,1-2H3. The number of hydrogen-bond acceptors (Lipinski definition) is 3. The van der Waals surface area contributed by atoms with Crippen LogP contribution in [0.2, 0.25) is 5.02 Å². The summed E-state index contributed by atoms with van der Waals surface area (Å²) < 4.78 is 0. The minimum atomic E-state index is 0.115. The van der Waals surface area contributed by atoms with Gasteiger partial charge in [0.25, 0.3) is 0 Å². The maximum Gasteiger partial charge on any atom is 0.0601 e. The maximum atomic E-state index is 6.38. The fourth-order valence-corrected chi connectivity index (χ4v) is 2.57. The third kappa shape index (κ3) is 4.45. The molecule has 2 N–H and O–H groups in total. The monoisotopic (exact) mass is 303 g/mol. The Morgan fingerprint density at radius 1 is 1.29 bits per heavy atom. The molecule has 0 saturated carbocycles. The first-order valence-corrected chi connectivity index (χ1v) is 7.66. The van der Waals surface area contributed by atoms with Crippen LogP contribution in [0.3, 0.4) is 0 Å². The molecule has 0 radical (unpaired) electrons. The second-order valence-electron chi connectivity index (χ2n) is 5.29. The first-order chi connectivity index (χ1) is 10.1. The summed E-state index contributed by atoms with van der Waals surface area (Å²) in [7, 11) is 0. The van der Waals surface area contributed by atoms with Crippen LogP contribution in [0.1, 0.15) is 25.1 Å². The van der Waals surface area contributed by atoms with Crippen molar-refractivity contribution in [2.75, 3.05) is 11.4 Å². The summed E-state index contributed by atoms with van der Waals surface area (Å²) >= 11 is 6.38. The molecule has 0 saturated heterocycles. The average Bonchev–Trinajstić information content (AvgIpc) is 2.47. The maximum absolute atomic E-state index is 6.38. The van der Waals surface area contributed by atoms with E-state index in [1.807, 2.05) is 37.4 Å². The Morgan fingerprint density at radius 3 is 2.67 bits per heavy atom. The number of rotatable bonds is 6. The number of benzene rings is 1. The lowest BCUT2D eigenvalue weighted by molar-refractivity contribution is 0.737. The quantitative estimate of drug-likeness (QED) is 0.885. The number of anilines is 1. The Bertz CT molecular complexity index is 570. The second kappa shape index (κ2) is 7.43. The van der Waals surface area contributed by atoms with Gasteiger partial charge in [-0.25, -0.2) is 0 Å². The largest absolute Gasteiger partial charge is 0.366 e. The van der Waals surface area contributed by atoms with Crippen molar-refractivity contribution in [3.8, 4) is 0 Å². The smallest absolute Gasteiger partial charge is 0.0601 e. The van der Waals surface area contributed by atoms with Crippen molar-refractivity contribution >= 4 is 17.3 Å². The van der Waals surface area contributed by atoms with Gasteiger partial charge in [-0.15, -0.1) is 0 Å². The first kappa shape index (κ1) is 15.8. The van der Waals surface area contributed by atoms with E-state index in [0.29, 0.717) is 0 Å². The van der Waals surface area contributed by atoms with E-state index in [9.17, 15) is 0 Å². The van der Waals surface area contributed by atoms with E-state index in [0.717, 1.165) is 41.5 Å². The van der Waals surface area contributed by atoms with Crippen LogP contribution in [-0.4, -0.2) is 17.6 Å². The lowest BCUT2D eigenvalue weighted by atomic mass is 10.1. The van der Waals surface area contributed by atoms with E-state index in [1.54, 1.807) is 0 Å². The van der Waals surface area contributed by atoms with Crippen molar-refractivity contribution < 1.29 is 0 Å². The molecule has 1 atom stereocenters. The molecule has 0 aliphatic rings. The van der Waals surface area contributed by atoms with Crippen molar-refractivity contribution in [1.82, 2.24) is 4.98 Å². The molecule has 4 heteroatoms. The molecule has 1 heterocycles. The predicted molar refractivity (Wildman–Crippen MR) is 89.8 cm³/mol. The van der Waals surface area contributed by atoms with Crippen molar-refractivity contribution in [2.45, 2.75) is 32.9 Å². The van der Waals surface area contributed by atoms with Crippen LogP contribution in [0.5, 0.6) is 0 Å². The summed E-state index contributed by atoms with van der Waals surface area (Å²) in [6, 6.07) is 12.3. The number of halogens is 1. The number of hydrogen-bond donors (Lipinski definition) is 1. The summed E-state index contributed by atoms with van der Waals surface area (Å²) in [5, 5.41) is 0.782. The van der Waals surface area contributed by atoms with Crippen molar-refractivity contribution in [3.05, 3.63) is 58.9 Å². The minimum absolute atomic E-state index is 0.115. The van der Waals surface area contributed by atoms with Gasteiger partial charge in [-0.05, 0) is 50.1 Å².